The van der Waals surface area contributed by atoms with Crippen LogP contribution in [0.15, 0.2) is 30.5 Å². The van der Waals surface area contributed by atoms with Crippen molar-refractivity contribution in [2.24, 2.45) is 11.1 Å². The van der Waals surface area contributed by atoms with E-state index >= 15 is 0 Å². The van der Waals surface area contributed by atoms with E-state index in [0.717, 1.165) is 34.2 Å². The topological polar surface area (TPSA) is 127 Å². The molecule has 0 atom stereocenters. The number of aromatic amines is 1. The second-order valence-electron chi connectivity index (χ2n) is 11.7. The fourth-order valence-electron chi connectivity index (χ4n) is 5.49. The molecule has 1 aliphatic rings. The van der Waals surface area contributed by atoms with Gasteiger partial charge in [0.1, 0.15) is 0 Å². The summed E-state index contributed by atoms with van der Waals surface area (Å²) in [7, 11) is 0.0314. The van der Waals surface area contributed by atoms with Crippen LogP contribution in [-0.4, -0.2) is 63.2 Å². The number of hydrogen-bond acceptors (Lipinski definition) is 6. The van der Waals surface area contributed by atoms with Gasteiger partial charge in [0.15, 0.2) is 11.5 Å². The van der Waals surface area contributed by atoms with Crippen molar-refractivity contribution in [3.8, 4) is 22.6 Å². The molecular weight excluding hydrogens is 528 g/mol. The summed E-state index contributed by atoms with van der Waals surface area (Å²) in [5.74, 6) is 1.02. The molecule has 0 bridgehead atoms. The number of piperidine rings is 1. The van der Waals surface area contributed by atoms with Crippen molar-refractivity contribution in [1.82, 2.24) is 14.6 Å². The van der Waals surface area contributed by atoms with Crippen LogP contribution in [0.1, 0.15) is 67.9 Å². The Balaban J connectivity index is 1.76. The Labute approximate surface area is 237 Å². The van der Waals surface area contributed by atoms with Gasteiger partial charge in [0.2, 0.25) is 10.0 Å². The molecule has 2 aromatic carbocycles. The molecule has 4 N–H and O–H groups in total. The second-order valence-corrected chi connectivity index (χ2v) is 13.9. The van der Waals surface area contributed by atoms with Gasteiger partial charge < -0.3 is 25.5 Å². The summed E-state index contributed by atoms with van der Waals surface area (Å²) < 4.78 is 37.7. The van der Waals surface area contributed by atoms with Crippen LogP contribution in [0.5, 0.6) is 11.5 Å². The number of primary amides is 1. The van der Waals surface area contributed by atoms with Crippen LogP contribution in [-0.2, 0) is 16.6 Å². The van der Waals surface area contributed by atoms with Gasteiger partial charge in [-0.1, -0.05) is 20.8 Å². The molecule has 0 aliphatic carbocycles. The fraction of sp³-hybridized carbons (Fsp3) is 0.500. The first-order valence-electron chi connectivity index (χ1n) is 13.8. The third-order valence-corrected chi connectivity index (χ3v) is 9.48. The highest BCUT2D eigenvalue weighted by Crippen LogP contribution is 2.40. The normalized spacial score (nSPS) is 15.4. The van der Waals surface area contributed by atoms with E-state index in [2.05, 4.69) is 43.2 Å². The highest BCUT2D eigenvalue weighted by Gasteiger charge is 2.29. The molecule has 0 saturated carbocycles. The number of carbonyl (C=O) groups is 1. The van der Waals surface area contributed by atoms with Crippen molar-refractivity contribution in [3.63, 3.8) is 0 Å². The first kappa shape index (κ1) is 29.9. The lowest BCUT2D eigenvalue weighted by atomic mass is 9.88. The zero-order valence-electron chi connectivity index (χ0n) is 24.4. The number of nitrogens with two attached hydrogens (primary N) is 1. The van der Waals surface area contributed by atoms with Gasteiger partial charge in [-0.05, 0) is 72.1 Å². The Bertz CT molecular complexity index is 1480. The van der Waals surface area contributed by atoms with Crippen LogP contribution in [0, 0.1) is 5.41 Å². The summed E-state index contributed by atoms with van der Waals surface area (Å²) >= 11 is 0. The minimum absolute atomic E-state index is 0.106. The van der Waals surface area contributed by atoms with E-state index in [1.165, 1.54) is 0 Å². The summed E-state index contributed by atoms with van der Waals surface area (Å²) in [6, 6.07) is 7.87. The van der Waals surface area contributed by atoms with Crippen LogP contribution in [0.25, 0.3) is 22.0 Å². The molecule has 9 nitrogen and oxygen atoms in total. The van der Waals surface area contributed by atoms with Crippen LogP contribution in [0.2, 0.25) is 0 Å². The molecule has 4 rings (SSSR count). The zero-order valence-corrected chi connectivity index (χ0v) is 25.2. The molecule has 0 unspecified atom stereocenters. The van der Waals surface area contributed by atoms with Gasteiger partial charge >= 0.3 is 0 Å². The maximum atomic E-state index is 12.6. The van der Waals surface area contributed by atoms with Gasteiger partial charge in [-0.15, -0.1) is 0 Å². The monoisotopic (exact) mass is 570 g/mol. The lowest BCUT2D eigenvalue weighted by molar-refractivity contribution is 0.100. The minimum Gasteiger partial charge on any atom is -0.493 e. The summed E-state index contributed by atoms with van der Waals surface area (Å²) in [6.07, 6.45) is 3.36. The number of methoxy groups -OCH3 is 2. The number of sulfonamides is 1. The summed E-state index contributed by atoms with van der Waals surface area (Å²) in [4.78, 5) is 15.8. The zero-order chi connectivity index (χ0) is 29.2. The number of hydrogen-bond donors (Lipinski definition) is 3. The van der Waals surface area contributed by atoms with E-state index in [1.54, 1.807) is 25.4 Å². The molecule has 1 saturated heterocycles. The highest BCUT2D eigenvalue weighted by molar-refractivity contribution is 7.89. The molecule has 1 fully saturated rings. The van der Waals surface area contributed by atoms with E-state index in [-0.39, 0.29) is 17.1 Å². The van der Waals surface area contributed by atoms with Gasteiger partial charge in [0.25, 0.3) is 5.91 Å². The Kier molecular flexibility index (Phi) is 8.82. The van der Waals surface area contributed by atoms with Crippen molar-refractivity contribution in [1.29, 1.82) is 0 Å². The number of rotatable bonds is 10. The molecule has 1 aliphatic heterocycles. The van der Waals surface area contributed by atoms with Crippen LogP contribution in [0.3, 0.4) is 0 Å². The molecule has 40 heavy (non-hydrogen) atoms. The molecule has 2 heterocycles. The molecule has 218 valence electrons. The molecule has 3 aromatic rings. The van der Waals surface area contributed by atoms with Crippen molar-refractivity contribution < 1.29 is 22.7 Å². The predicted molar refractivity (Wildman–Crippen MR) is 160 cm³/mol. The summed E-state index contributed by atoms with van der Waals surface area (Å²) in [6.45, 7) is 10.6. The second kappa shape index (κ2) is 11.8. The number of nitrogens with one attached hydrogen (secondary N) is 2. The highest BCUT2D eigenvalue weighted by atomic mass is 32.2. The van der Waals surface area contributed by atoms with Crippen LogP contribution in [0.4, 0.5) is 0 Å². The number of H-pyrrole nitrogens is 1. The maximum absolute atomic E-state index is 12.6. The minimum atomic E-state index is -3.21. The van der Waals surface area contributed by atoms with Crippen LogP contribution < -0.4 is 20.5 Å². The average molecular weight is 571 g/mol. The number of nitrogens with zero attached hydrogens (tertiary/aromatic N) is 1. The van der Waals surface area contributed by atoms with E-state index in [0.29, 0.717) is 55.1 Å². The molecule has 0 radical (unpaired) electrons. The first-order chi connectivity index (χ1) is 18.9. The average Bonchev–Trinajstić information content (AvgIpc) is 3.35. The van der Waals surface area contributed by atoms with Crippen molar-refractivity contribution in [2.75, 3.05) is 39.6 Å². The largest absolute Gasteiger partial charge is 0.493 e. The number of aromatic nitrogens is 1. The number of fused-ring (bicyclic) bond motifs is 1. The summed E-state index contributed by atoms with van der Waals surface area (Å²) in [5.41, 5.74) is 10.8. The summed E-state index contributed by atoms with van der Waals surface area (Å²) in [5, 5.41) is 4.43. The number of amides is 1. The van der Waals surface area contributed by atoms with E-state index in [4.69, 9.17) is 15.2 Å². The Hall–Kier alpha value is -3.08. The van der Waals surface area contributed by atoms with Crippen LogP contribution >= 0.6 is 0 Å². The Morgan fingerprint density at radius 2 is 1.77 bits per heavy atom. The lowest BCUT2D eigenvalue weighted by Crippen LogP contribution is -2.38. The van der Waals surface area contributed by atoms with Gasteiger partial charge in [-0.3, -0.25) is 4.79 Å². The number of ether oxygens (including phenoxy) is 2. The molecule has 10 heteroatoms. The standard InChI is InChI=1S/C30H42N4O5S/c1-7-40(36,37)34-10-8-19(9-11-34)25-17-33-27-23(25)13-21(14-24(27)29(31)35)20-12-22(16-32-18-30(2,3)4)28(39-6)26(15-20)38-5/h12-15,17,19,32-33H,7-11,16,18H2,1-6H3,(H2,31,35). The van der Waals surface area contributed by atoms with Crippen molar-refractivity contribution in [3.05, 3.63) is 47.2 Å². The smallest absolute Gasteiger partial charge is 0.250 e. The van der Waals surface area contributed by atoms with E-state index in [1.807, 2.05) is 18.3 Å². The van der Waals surface area contributed by atoms with Gasteiger partial charge in [-0.25, -0.2) is 12.7 Å². The fourth-order valence-corrected chi connectivity index (χ4v) is 6.62. The predicted octanol–water partition coefficient (Wildman–Crippen LogP) is 4.62. The Morgan fingerprint density at radius 3 is 2.35 bits per heavy atom. The van der Waals surface area contributed by atoms with Gasteiger partial charge in [0, 0.05) is 43.3 Å². The number of carbonyl (C=O) groups excluding carboxylic acids is 1. The Morgan fingerprint density at radius 1 is 1.10 bits per heavy atom. The third-order valence-electron chi connectivity index (χ3n) is 7.60. The molecule has 1 amide bonds. The van der Waals surface area contributed by atoms with Gasteiger partial charge in [-0.2, -0.15) is 0 Å². The number of benzene rings is 2. The molecule has 0 spiro atoms. The molecular formula is C30H42N4O5S. The lowest BCUT2D eigenvalue weighted by Gasteiger charge is -2.31. The maximum Gasteiger partial charge on any atom is 0.250 e. The quantitative estimate of drug-likeness (QED) is 0.327. The van der Waals surface area contributed by atoms with E-state index in [9.17, 15) is 13.2 Å². The third kappa shape index (κ3) is 6.29. The first-order valence-corrected chi connectivity index (χ1v) is 15.4. The molecule has 1 aromatic heterocycles. The van der Waals surface area contributed by atoms with Gasteiger partial charge in [0.05, 0.1) is 31.1 Å². The van der Waals surface area contributed by atoms with E-state index < -0.39 is 15.9 Å². The van der Waals surface area contributed by atoms with Crippen molar-refractivity contribution >= 4 is 26.8 Å². The van der Waals surface area contributed by atoms with Crippen molar-refractivity contribution in [2.45, 2.75) is 53.0 Å². The SMILES string of the molecule is CCS(=O)(=O)N1CCC(c2c[nH]c3c(C(N)=O)cc(-c4cc(CNCC(C)(C)C)c(OC)c(OC)c4)cc23)CC1.